The van der Waals surface area contributed by atoms with Crippen molar-refractivity contribution in [1.29, 1.82) is 0 Å². The number of hydrogen-bond acceptors (Lipinski definition) is 5. The predicted octanol–water partition coefficient (Wildman–Crippen LogP) is 16.8. The van der Waals surface area contributed by atoms with Gasteiger partial charge in [-0.25, -0.2) is 0 Å². The Balaban J connectivity index is 3.53. The van der Waals surface area contributed by atoms with Crippen molar-refractivity contribution < 1.29 is 24.5 Å². The van der Waals surface area contributed by atoms with Gasteiger partial charge in [-0.2, -0.15) is 0 Å². The Kier molecular flexibility index (Phi) is 51.2. The van der Waals surface area contributed by atoms with Crippen LogP contribution in [-0.2, 0) is 14.3 Å². The fraction of sp³-hybridized carbons (Fsp3) is 0.793. The summed E-state index contributed by atoms with van der Waals surface area (Å²) in [5, 5.41) is 23.1. The van der Waals surface area contributed by atoms with Gasteiger partial charge in [0, 0.05) is 12.8 Å². The molecule has 0 aliphatic rings. The molecule has 0 saturated carbocycles. The lowest BCUT2D eigenvalue weighted by Crippen LogP contribution is -2.45. The summed E-state index contributed by atoms with van der Waals surface area (Å²) in [6.45, 7) is 4.80. The Hall–Kier alpha value is -2.44. The van der Waals surface area contributed by atoms with Crippen LogP contribution in [0.3, 0.4) is 0 Å². The summed E-state index contributed by atoms with van der Waals surface area (Å²) >= 11 is 0. The van der Waals surface area contributed by atoms with Crippen LogP contribution in [0.4, 0.5) is 0 Å². The average Bonchev–Trinajstić information content (AvgIpc) is 3.29. The van der Waals surface area contributed by atoms with Gasteiger partial charge in [0.05, 0.1) is 25.4 Å². The number of aliphatic hydroxyl groups excluding tert-OH is 2. The molecule has 0 bridgehead atoms. The van der Waals surface area contributed by atoms with Gasteiger partial charge in [-0.05, 0) is 89.9 Å². The summed E-state index contributed by atoms with van der Waals surface area (Å²) in [4.78, 5) is 24.4. The van der Waals surface area contributed by atoms with E-state index in [-0.39, 0.29) is 18.5 Å². The number of carbonyl (C=O) groups excluding carboxylic acids is 2. The molecule has 0 heterocycles. The second-order valence-electron chi connectivity index (χ2n) is 18.6. The maximum absolute atomic E-state index is 12.4. The van der Waals surface area contributed by atoms with Gasteiger partial charge in [-0.15, -0.1) is 0 Å². The number of allylic oxidation sites excluding steroid dienone is 9. The van der Waals surface area contributed by atoms with Crippen LogP contribution in [-0.4, -0.2) is 47.4 Å². The molecule has 2 atom stereocenters. The molecular weight excluding hydrogens is 791 g/mol. The molecule has 372 valence electrons. The van der Waals surface area contributed by atoms with Crippen LogP contribution in [0, 0.1) is 0 Å². The highest BCUT2D eigenvalue weighted by atomic mass is 16.5. The first kappa shape index (κ1) is 61.6. The number of aliphatic hydroxyl groups is 2. The molecule has 0 saturated heterocycles. The molecule has 6 heteroatoms. The molecule has 0 spiro atoms. The molecule has 0 aromatic rings. The highest BCUT2D eigenvalue weighted by Crippen LogP contribution is 2.15. The second-order valence-corrected chi connectivity index (χ2v) is 18.6. The lowest BCUT2D eigenvalue weighted by Gasteiger charge is -2.20. The smallest absolute Gasteiger partial charge is 0.305 e. The molecule has 0 radical (unpaired) electrons. The van der Waals surface area contributed by atoms with Gasteiger partial charge < -0.3 is 20.3 Å². The van der Waals surface area contributed by atoms with E-state index in [2.05, 4.69) is 67.8 Å². The first-order valence-electron chi connectivity index (χ1n) is 27.6. The van der Waals surface area contributed by atoms with Gasteiger partial charge in [0.25, 0.3) is 0 Å². The molecule has 64 heavy (non-hydrogen) atoms. The molecule has 1 amide bonds. The highest BCUT2D eigenvalue weighted by Gasteiger charge is 2.18. The van der Waals surface area contributed by atoms with Gasteiger partial charge in [0.2, 0.25) is 5.91 Å². The molecular formula is C58H105NO5. The summed E-state index contributed by atoms with van der Waals surface area (Å²) in [6.07, 6.45) is 68.0. The van der Waals surface area contributed by atoms with Crippen molar-refractivity contribution in [2.45, 2.75) is 283 Å². The minimum atomic E-state index is -0.852. The molecule has 0 fully saturated rings. The van der Waals surface area contributed by atoms with E-state index in [0.717, 1.165) is 89.9 Å². The fourth-order valence-electron chi connectivity index (χ4n) is 7.99. The molecule has 6 nitrogen and oxygen atoms in total. The van der Waals surface area contributed by atoms with E-state index in [9.17, 15) is 19.8 Å². The fourth-order valence-corrected chi connectivity index (χ4v) is 7.99. The lowest BCUT2D eigenvalue weighted by molar-refractivity contribution is -0.143. The van der Waals surface area contributed by atoms with Crippen LogP contribution in [0.5, 0.6) is 0 Å². The van der Waals surface area contributed by atoms with Crippen LogP contribution in [0.25, 0.3) is 0 Å². The van der Waals surface area contributed by atoms with Gasteiger partial charge >= 0.3 is 5.97 Å². The number of carbonyl (C=O) groups is 2. The zero-order valence-electron chi connectivity index (χ0n) is 42.2. The van der Waals surface area contributed by atoms with E-state index in [1.807, 2.05) is 6.08 Å². The number of ether oxygens (including phenoxy) is 1. The first-order chi connectivity index (χ1) is 31.5. The molecule has 0 aromatic heterocycles. The Labute approximate surface area is 397 Å². The number of nitrogens with one attached hydrogen (secondary N) is 1. The third-order valence-electron chi connectivity index (χ3n) is 12.3. The molecule has 0 aliphatic carbocycles. The van der Waals surface area contributed by atoms with Crippen LogP contribution < -0.4 is 5.32 Å². The first-order valence-corrected chi connectivity index (χ1v) is 27.6. The van der Waals surface area contributed by atoms with Crippen molar-refractivity contribution in [2.75, 3.05) is 13.2 Å². The van der Waals surface area contributed by atoms with Crippen LogP contribution >= 0.6 is 0 Å². The predicted molar refractivity (Wildman–Crippen MR) is 278 cm³/mol. The number of esters is 1. The standard InChI is InChI=1S/C58H105NO5/c1-3-5-7-9-11-13-15-17-26-30-34-38-42-46-50-56(61)55(54-60)59-57(62)51-47-43-39-35-31-27-24-22-20-19-21-23-25-29-33-37-41-45-49-53-64-58(63)52-48-44-40-36-32-28-18-16-14-12-10-8-6-4-2/h10,12,16,18,23,25,29,33,46,50,55-56,60-61H,3-9,11,13-15,17,19-22,24,26-28,30-32,34-45,47-49,51-54H2,1-2H3,(H,59,62)/b12-10-,18-16-,25-23-,33-29-,50-46+. The van der Waals surface area contributed by atoms with Crippen molar-refractivity contribution in [2.24, 2.45) is 0 Å². The minimum absolute atomic E-state index is 0.0298. The Morgan fingerprint density at radius 3 is 1.33 bits per heavy atom. The minimum Gasteiger partial charge on any atom is -0.466 e. The third-order valence-corrected chi connectivity index (χ3v) is 12.3. The van der Waals surface area contributed by atoms with E-state index in [4.69, 9.17) is 4.74 Å². The summed E-state index contributed by atoms with van der Waals surface area (Å²) in [5.41, 5.74) is 0. The van der Waals surface area contributed by atoms with Crippen molar-refractivity contribution in [3.8, 4) is 0 Å². The normalized spacial score (nSPS) is 13.1. The van der Waals surface area contributed by atoms with Crippen molar-refractivity contribution in [3.05, 3.63) is 60.8 Å². The van der Waals surface area contributed by atoms with Crippen LogP contribution in [0.15, 0.2) is 60.8 Å². The summed E-state index contributed by atoms with van der Waals surface area (Å²) in [6, 6.07) is -0.636. The lowest BCUT2D eigenvalue weighted by atomic mass is 10.0. The van der Waals surface area contributed by atoms with Gasteiger partial charge in [-0.3, -0.25) is 9.59 Å². The van der Waals surface area contributed by atoms with Crippen molar-refractivity contribution in [1.82, 2.24) is 5.32 Å². The topological polar surface area (TPSA) is 95.9 Å². The van der Waals surface area contributed by atoms with Crippen molar-refractivity contribution >= 4 is 11.9 Å². The number of hydrogen-bond donors (Lipinski definition) is 3. The summed E-state index contributed by atoms with van der Waals surface area (Å²) < 4.78 is 5.44. The highest BCUT2D eigenvalue weighted by molar-refractivity contribution is 5.76. The zero-order chi connectivity index (χ0) is 46.5. The van der Waals surface area contributed by atoms with E-state index in [1.165, 1.54) is 154 Å². The zero-order valence-corrected chi connectivity index (χ0v) is 42.2. The number of rotatable bonds is 50. The quantitative estimate of drug-likeness (QED) is 0.0245. The molecule has 3 N–H and O–H groups in total. The van der Waals surface area contributed by atoms with E-state index >= 15 is 0 Å². The van der Waals surface area contributed by atoms with Gasteiger partial charge in [0.15, 0.2) is 0 Å². The molecule has 0 aliphatic heterocycles. The van der Waals surface area contributed by atoms with Crippen LogP contribution in [0.2, 0.25) is 0 Å². The Morgan fingerprint density at radius 2 is 0.844 bits per heavy atom. The monoisotopic (exact) mass is 896 g/mol. The maximum Gasteiger partial charge on any atom is 0.305 e. The Morgan fingerprint density at radius 1 is 0.453 bits per heavy atom. The van der Waals surface area contributed by atoms with Crippen molar-refractivity contribution in [3.63, 3.8) is 0 Å². The SMILES string of the molecule is CCCC/C=C\C/C=C\CCCCCCCC(=O)OCCCCC/C=C\C=C/CCCCCCCCCCCCC(=O)NC(CO)C(O)/C=C/CCCCCCCCCCCCCC. The van der Waals surface area contributed by atoms with E-state index in [1.54, 1.807) is 6.08 Å². The number of amides is 1. The third kappa shape index (κ3) is 49.0. The summed E-state index contributed by atoms with van der Waals surface area (Å²) in [5.74, 6) is -0.109. The number of unbranched alkanes of at least 4 members (excludes halogenated alkanes) is 32. The molecule has 0 aromatic carbocycles. The second kappa shape index (κ2) is 53.2. The van der Waals surface area contributed by atoms with Gasteiger partial charge in [-0.1, -0.05) is 229 Å². The van der Waals surface area contributed by atoms with E-state index < -0.39 is 12.1 Å². The average molecular weight is 896 g/mol. The molecule has 2 unspecified atom stereocenters. The molecule has 0 rings (SSSR count). The summed E-state index contributed by atoms with van der Waals surface area (Å²) in [7, 11) is 0. The van der Waals surface area contributed by atoms with Gasteiger partial charge in [0.1, 0.15) is 0 Å². The Bertz CT molecular complexity index is 1130. The van der Waals surface area contributed by atoms with Crippen LogP contribution in [0.1, 0.15) is 271 Å². The maximum atomic E-state index is 12.4. The largest absolute Gasteiger partial charge is 0.466 e. The van der Waals surface area contributed by atoms with E-state index in [0.29, 0.717) is 19.4 Å².